The predicted octanol–water partition coefficient (Wildman–Crippen LogP) is 4.19. The maximum Gasteiger partial charge on any atom is 0.241 e. The van der Waals surface area contributed by atoms with Crippen LogP contribution < -0.4 is 14.4 Å². The average molecular weight is 441 g/mol. The van der Waals surface area contributed by atoms with Crippen LogP contribution in [0.1, 0.15) is 30.5 Å². The van der Waals surface area contributed by atoms with Gasteiger partial charge in [0.05, 0.1) is 25.1 Å². The first-order valence-electron chi connectivity index (χ1n) is 10.1. The number of amides is 1. The molecule has 0 fully saturated rings. The van der Waals surface area contributed by atoms with Gasteiger partial charge in [0.2, 0.25) is 15.9 Å². The second-order valence-corrected chi connectivity index (χ2v) is 9.43. The third kappa shape index (κ3) is 5.17. The number of rotatable bonds is 8. The summed E-state index contributed by atoms with van der Waals surface area (Å²) in [6.45, 7) is 3.63. The average Bonchev–Trinajstić information content (AvgIpc) is 2.74. The molecule has 0 aliphatic carbocycles. The SMILES string of the molecule is CC[C@@H](NC(=O)CN(c1cccc2ccccc12)S(C)(=O)=O)c1ccc(OC)c(C)c1. The first-order chi connectivity index (χ1) is 14.7. The molecule has 6 nitrogen and oxygen atoms in total. The van der Waals surface area contributed by atoms with E-state index in [2.05, 4.69) is 5.32 Å². The van der Waals surface area contributed by atoms with Crippen molar-refractivity contribution in [1.82, 2.24) is 5.32 Å². The van der Waals surface area contributed by atoms with E-state index in [9.17, 15) is 13.2 Å². The van der Waals surface area contributed by atoms with Gasteiger partial charge < -0.3 is 10.1 Å². The van der Waals surface area contributed by atoms with Crippen molar-refractivity contribution in [2.45, 2.75) is 26.3 Å². The van der Waals surface area contributed by atoms with Gasteiger partial charge in [0.1, 0.15) is 12.3 Å². The minimum Gasteiger partial charge on any atom is -0.496 e. The number of sulfonamides is 1. The minimum atomic E-state index is -3.67. The Morgan fingerprint density at radius 3 is 2.45 bits per heavy atom. The quantitative estimate of drug-likeness (QED) is 0.570. The number of hydrogen-bond donors (Lipinski definition) is 1. The highest BCUT2D eigenvalue weighted by Crippen LogP contribution is 2.29. The van der Waals surface area contributed by atoms with E-state index < -0.39 is 10.0 Å². The highest BCUT2D eigenvalue weighted by atomic mass is 32.2. The van der Waals surface area contributed by atoms with Crippen LogP contribution in [0.15, 0.2) is 60.7 Å². The van der Waals surface area contributed by atoms with Crippen molar-refractivity contribution in [2.24, 2.45) is 0 Å². The molecule has 1 N–H and O–H groups in total. The molecule has 3 aromatic carbocycles. The lowest BCUT2D eigenvalue weighted by Gasteiger charge is -2.25. The van der Waals surface area contributed by atoms with Gasteiger partial charge in [-0.25, -0.2) is 8.42 Å². The lowest BCUT2D eigenvalue weighted by molar-refractivity contribution is -0.120. The maximum absolute atomic E-state index is 12.9. The summed E-state index contributed by atoms with van der Waals surface area (Å²) in [5.41, 5.74) is 2.41. The van der Waals surface area contributed by atoms with E-state index >= 15 is 0 Å². The van der Waals surface area contributed by atoms with Crippen molar-refractivity contribution in [3.05, 3.63) is 71.8 Å². The van der Waals surface area contributed by atoms with Gasteiger partial charge in [0, 0.05) is 5.39 Å². The minimum absolute atomic E-state index is 0.231. The Morgan fingerprint density at radius 2 is 1.81 bits per heavy atom. The summed E-state index contributed by atoms with van der Waals surface area (Å²) in [5.74, 6) is 0.419. The van der Waals surface area contributed by atoms with Gasteiger partial charge in [-0.15, -0.1) is 0 Å². The fourth-order valence-electron chi connectivity index (χ4n) is 3.72. The predicted molar refractivity (Wildman–Crippen MR) is 125 cm³/mol. The lowest BCUT2D eigenvalue weighted by atomic mass is 10.0. The third-order valence-electron chi connectivity index (χ3n) is 5.29. The summed E-state index contributed by atoms with van der Waals surface area (Å²) in [6.07, 6.45) is 1.79. The van der Waals surface area contributed by atoms with Crippen LogP contribution in [-0.2, 0) is 14.8 Å². The number of aryl methyl sites for hydroxylation is 1. The van der Waals surface area contributed by atoms with Crippen LogP contribution in [0.3, 0.4) is 0 Å². The number of ether oxygens (including phenoxy) is 1. The third-order valence-corrected chi connectivity index (χ3v) is 6.41. The molecule has 0 aliphatic heterocycles. The van der Waals surface area contributed by atoms with E-state index in [0.29, 0.717) is 12.1 Å². The fraction of sp³-hybridized carbons (Fsp3) is 0.292. The lowest BCUT2D eigenvalue weighted by Crippen LogP contribution is -2.41. The molecule has 1 atom stereocenters. The van der Waals surface area contributed by atoms with E-state index in [1.807, 2.05) is 62.4 Å². The van der Waals surface area contributed by atoms with Crippen LogP contribution in [0, 0.1) is 6.92 Å². The molecular weight excluding hydrogens is 412 g/mol. The highest BCUT2D eigenvalue weighted by molar-refractivity contribution is 7.92. The molecule has 7 heteroatoms. The molecule has 0 saturated heterocycles. The van der Waals surface area contributed by atoms with Crippen LogP contribution in [0.2, 0.25) is 0 Å². The number of benzene rings is 3. The number of nitrogens with one attached hydrogen (secondary N) is 1. The zero-order valence-corrected chi connectivity index (χ0v) is 19.1. The second-order valence-electron chi connectivity index (χ2n) is 7.53. The van der Waals surface area contributed by atoms with Crippen LogP contribution in [-0.4, -0.2) is 34.2 Å². The molecule has 3 rings (SSSR count). The summed E-state index contributed by atoms with van der Waals surface area (Å²) in [5, 5.41) is 4.67. The Bertz CT molecular complexity index is 1190. The first-order valence-corrected chi connectivity index (χ1v) is 12.0. The number of hydrogen-bond acceptors (Lipinski definition) is 4. The first kappa shape index (κ1) is 22.6. The standard InChI is InChI=1S/C24H28N2O4S/c1-5-21(19-13-14-23(30-3)17(2)15-19)25-24(27)16-26(31(4,28)29)22-12-8-10-18-9-6-7-11-20(18)22/h6-15,21H,5,16H2,1-4H3,(H,25,27)/t21-/m1/s1. The van der Waals surface area contributed by atoms with E-state index in [0.717, 1.165) is 38.2 Å². The van der Waals surface area contributed by atoms with E-state index in [4.69, 9.17) is 4.74 Å². The fourth-order valence-corrected chi connectivity index (χ4v) is 4.59. The Labute approximate surface area is 183 Å². The highest BCUT2D eigenvalue weighted by Gasteiger charge is 2.24. The molecule has 0 unspecified atom stereocenters. The molecule has 3 aromatic rings. The maximum atomic E-state index is 12.9. The largest absolute Gasteiger partial charge is 0.496 e. The van der Waals surface area contributed by atoms with Crippen molar-refractivity contribution < 1.29 is 17.9 Å². The van der Waals surface area contributed by atoms with Crippen LogP contribution in [0.5, 0.6) is 5.75 Å². The van der Waals surface area contributed by atoms with Crippen LogP contribution in [0.4, 0.5) is 5.69 Å². The summed E-state index contributed by atoms with van der Waals surface area (Å²) < 4.78 is 31.6. The molecule has 0 aliphatic rings. The summed E-state index contributed by atoms with van der Waals surface area (Å²) >= 11 is 0. The molecule has 0 radical (unpaired) electrons. The van der Waals surface area contributed by atoms with Gasteiger partial charge in [0.15, 0.2) is 0 Å². The van der Waals surface area contributed by atoms with Gasteiger partial charge >= 0.3 is 0 Å². The monoisotopic (exact) mass is 440 g/mol. The van der Waals surface area contributed by atoms with Gasteiger partial charge in [-0.2, -0.15) is 0 Å². The van der Waals surface area contributed by atoms with E-state index in [1.54, 1.807) is 19.2 Å². The molecule has 0 aromatic heterocycles. The Balaban J connectivity index is 1.87. The van der Waals surface area contributed by atoms with Crippen molar-refractivity contribution >= 4 is 32.4 Å². The van der Waals surface area contributed by atoms with Gasteiger partial charge in [0.25, 0.3) is 0 Å². The Hall–Kier alpha value is -3.06. The van der Waals surface area contributed by atoms with Gasteiger partial charge in [-0.1, -0.05) is 55.5 Å². The van der Waals surface area contributed by atoms with Crippen molar-refractivity contribution in [3.63, 3.8) is 0 Å². The molecule has 0 spiro atoms. The molecule has 1 amide bonds. The number of nitrogens with zero attached hydrogens (tertiary/aromatic N) is 1. The number of methoxy groups -OCH3 is 1. The zero-order chi connectivity index (χ0) is 22.6. The van der Waals surface area contributed by atoms with Gasteiger partial charge in [-0.05, 0) is 42.0 Å². The van der Waals surface area contributed by atoms with Crippen LogP contribution >= 0.6 is 0 Å². The molecule has 31 heavy (non-hydrogen) atoms. The summed E-state index contributed by atoms with van der Waals surface area (Å²) in [7, 11) is -2.05. The van der Waals surface area contributed by atoms with E-state index in [1.165, 1.54) is 0 Å². The molecular formula is C24H28N2O4S. The molecule has 0 saturated carbocycles. The topological polar surface area (TPSA) is 75.7 Å². The number of fused-ring (bicyclic) bond motifs is 1. The smallest absolute Gasteiger partial charge is 0.241 e. The normalized spacial score (nSPS) is 12.4. The number of carbonyl (C=O) groups is 1. The van der Waals surface area contributed by atoms with Gasteiger partial charge in [-0.3, -0.25) is 9.10 Å². The van der Waals surface area contributed by atoms with Crippen molar-refractivity contribution in [2.75, 3.05) is 24.2 Å². The number of carbonyl (C=O) groups excluding carboxylic acids is 1. The number of anilines is 1. The molecule has 0 heterocycles. The Morgan fingerprint density at radius 1 is 1.10 bits per heavy atom. The molecule has 0 bridgehead atoms. The van der Waals surface area contributed by atoms with E-state index in [-0.39, 0.29) is 18.5 Å². The zero-order valence-electron chi connectivity index (χ0n) is 18.3. The Kier molecular flexibility index (Phi) is 6.85. The summed E-state index contributed by atoms with van der Waals surface area (Å²) in [4.78, 5) is 12.9. The molecule has 164 valence electrons. The van der Waals surface area contributed by atoms with Crippen molar-refractivity contribution in [3.8, 4) is 5.75 Å². The summed E-state index contributed by atoms with van der Waals surface area (Å²) in [6, 6.07) is 18.5. The van der Waals surface area contributed by atoms with Crippen LogP contribution in [0.25, 0.3) is 10.8 Å². The van der Waals surface area contributed by atoms with Crippen molar-refractivity contribution in [1.29, 1.82) is 0 Å². The second kappa shape index (κ2) is 9.39.